The molecule has 0 N–H and O–H groups in total. The van der Waals surface area contributed by atoms with Crippen molar-refractivity contribution in [1.82, 2.24) is 9.55 Å². The molecule has 4 rings (SSSR count). The van der Waals surface area contributed by atoms with Crippen molar-refractivity contribution in [3.63, 3.8) is 0 Å². The van der Waals surface area contributed by atoms with E-state index in [1.54, 1.807) is 0 Å². The number of hydrogen-bond acceptors (Lipinski definition) is 2. The lowest BCUT2D eigenvalue weighted by atomic mass is 10.1. The molecule has 4 aromatic rings. The van der Waals surface area contributed by atoms with E-state index >= 15 is 0 Å². The molecule has 126 valence electrons. The third-order valence-electron chi connectivity index (χ3n) is 4.57. The number of para-hydroxylation sites is 2. The fourth-order valence-corrected chi connectivity index (χ4v) is 3.31. The number of imidazole rings is 1. The summed E-state index contributed by atoms with van der Waals surface area (Å²) in [4.78, 5) is 4.72. The second-order valence-corrected chi connectivity index (χ2v) is 6.23. The van der Waals surface area contributed by atoms with Crippen LogP contribution < -0.4 is 4.74 Å². The van der Waals surface area contributed by atoms with Crippen LogP contribution in [0.3, 0.4) is 0 Å². The molecule has 0 spiro atoms. The Morgan fingerprint density at radius 1 is 0.920 bits per heavy atom. The van der Waals surface area contributed by atoms with Crippen molar-refractivity contribution >= 4 is 21.8 Å². The molecule has 1 aromatic heterocycles. The van der Waals surface area contributed by atoms with Crippen molar-refractivity contribution in [3.05, 3.63) is 72.6 Å². The van der Waals surface area contributed by atoms with Gasteiger partial charge in [-0.3, -0.25) is 0 Å². The Hall–Kier alpha value is -2.81. The number of rotatable bonds is 6. The zero-order chi connectivity index (χ0) is 17.1. The van der Waals surface area contributed by atoms with E-state index in [9.17, 15) is 0 Å². The fourth-order valence-electron chi connectivity index (χ4n) is 3.31. The molecule has 3 aromatic carbocycles. The van der Waals surface area contributed by atoms with Gasteiger partial charge in [0, 0.05) is 13.0 Å². The van der Waals surface area contributed by atoms with Crippen LogP contribution in [0.25, 0.3) is 21.8 Å². The maximum Gasteiger partial charge on any atom is 0.119 e. The minimum absolute atomic E-state index is 0.702. The lowest BCUT2D eigenvalue weighted by Gasteiger charge is -2.10. The number of benzene rings is 3. The molecule has 0 saturated carbocycles. The van der Waals surface area contributed by atoms with Gasteiger partial charge in [-0.15, -0.1) is 0 Å². The average Bonchev–Trinajstić information content (AvgIpc) is 3.03. The number of ether oxygens (including phenoxy) is 1. The zero-order valence-corrected chi connectivity index (χ0v) is 14.5. The molecule has 1 heterocycles. The maximum atomic E-state index is 5.96. The van der Waals surface area contributed by atoms with Gasteiger partial charge in [0.15, 0.2) is 0 Å². The standard InChI is InChI=1S/C22H22N2O/c1-2-22-23-20-10-5-6-11-21(20)24(22)14-7-15-25-19-13-12-17-8-3-4-9-18(17)16-19/h3-6,8-13,16H,2,7,14-15H2,1H3. The zero-order valence-electron chi connectivity index (χ0n) is 14.5. The summed E-state index contributed by atoms with van der Waals surface area (Å²) in [5.74, 6) is 2.08. The molecule has 0 aliphatic heterocycles. The number of hydrogen-bond donors (Lipinski definition) is 0. The van der Waals surface area contributed by atoms with Crippen LogP contribution in [0.5, 0.6) is 5.75 Å². The van der Waals surface area contributed by atoms with Crippen LogP contribution in [0.2, 0.25) is 0 Å². The van der Waals surface area contributed by atoms with Crippen molar-refractivity contribution in [2.24, 2.45) is 0 Å². The van der Waals surface area contributed by atoms with E-state index in [1.807, 2.05) is 12.1 Å². The molecule has 3 heteroatoms. The first-order valence-corrected chi connectivity index (χ1v) is 8.91. The predicted octanol–water partition coefficient (Wildman–Crippen LogP) is 5.22. The highest BCUT2D eigenvalue weighted by Crippen LogP contribution is 2.21. The largest absolute Gasteiger partial charge is 0.494 e. The summed E-state index contributed by atoms with van der Waals surface area (Å²) in [6.45, 7) is 3.79. The van der Waals surface area contributed by atoms with Crippen LogP contribution >= 0.6 is 0 Å². The molecule has 0 fully saturated rings. The first kappa shape index (κ1) is 15.7. The highest BCUT2D eigenvalue weighted by molar-refractivity contribution is 5.83. The molecular weight excluding hydrogens is 308 g/mol. The summed E-state index contributed by atoms with van der Waals surface area (Å²) in [7, 11) is 0. The minimum Gasteiger partial charge on any atom is -0.494 e. The Balaban J connectivity index is 1.42. The summed E-state index contributed by atoms with van der Waals surface area (Å²) in [6.07, 6.45) is 1.90. The average molecular weight is 330 g/mol. The Morgan fingerprint density at radius 3 is 2.60 bits per heavy atom. The quantitative estimate of drug-likeness (QED) is 0.453. The lowest BCUT2D eigenvalue weighted by molar-refractivity contribution is 0.302. The topological polar surface area (TPSA) is 27.1 Å². The molecule has 0 amide bonds. The third-order valence-corrected chi connectivity index (χ3v) is 4.57. The number of aryl methyl sites for hydroxylation is 2. The van der Waals surface area contributed by atoms with Gasteiger partial charge in [0.1, 0.15) is 11.6 Å². The minimum atomic E-state index is 0.702. The lowest BCUT2D eigenvalue weighted by Crippen LogP contribution is -2.07. The first-order chi connectivity index (χ1) is 12.3. The van der Waals surface area contributed by atoms with Gasteiger partial charge >= 0.3 is 0 Å². The van der Waals surface area contributed by atoms with Crippen LogP contribution in [0, 0.1) is 0 Å². The maximum absolute atomic E-state index is 5.96. The van der Waals surface area contributed by atoms with Crippen LogP contribution in [-0.4, -0.2) is 16.2 Å². The van der Waals surface area contributed by atoms with Crippen molar-refractivity contribution in [2.75, 3.05) is 6.61 Å². The third kappa shape index (κ3) is 3.22. The van der Waals surface area contributed by atoms with Gasteiger partial charge in [0.05, 0.1) is 17.6 Å². The van der Waals surface area contributed by atoms with Gasteiger partial charge in [-0.25, -0.2) is 4.98 Å². The van der Waals surface area contributed by atoms with E-state index in [2.05, 4.69) is 66.1 Å². The van der Waals surface area contributed by atoms with Crippen LogP contribution in [0.15, 0.2) is 66.7 Å². The monoisotopic (exact) mass is 330 g/mol. The van der Waals surface area contributed by atoms with Gasteiger partial charge in [0.2, 0.25) is 0 Å². The molecule has 0 bridgehead atoms. The SMILES string of the molecule is CCc1nc2ccccc2n1CCCOc1ccc2ccccc2c1. The van der Waals surface area contributed by atoms with Crippen LogP contribution in [0.4, 0.5) is 0 Å². The van der Waals surface area contributed by atoms with E-state index in [-0.39, 0.29) is 0 Å². The second-order valence-electron chi connectivity index (χ2n) is 6.23. The van der Waals surface area contributed by atoms with Gasteiger partial charge in [0.25, 0.3) is 0 Å². The molecule has 0 saturated heterocycles. The summed E-state index contributed by atoms with van der Waals surface area (Å²) in [5, 5.41) is 2.46. The Kier molecular flexibility index (Phi) is 4.38. The Labute approximate surface area is 147 Å². The fraction of sp³-hybridized carbons (Fsp3) is 0.227. The highest BCUT2D eigenvalue weighted by atomic mass is 16.5. The normalized spacial score (nSPS) is 11.2. The number of nitrogens with zero attached hydrogens (tertiary/aromatic N) is 2. The first-order valence-electron chi connectivity index (χ1n) is 8.91. The molecule has 25 heavy (non-hydrogen) atoms. The van der Waals surface area contributed by atoms with E-state index in [4.69, 9.17) is 9.72 Å². The van der Waals surface area contributed by atoms with E-state index in [1.165, 1.54) is 16.3 Å². The van der Waals surface area contributed by atoms with Gasteiger partial charge in [-0.05, 0) is 41.5 Å². The van der Waals surface area contributed by atoms with E-state index in [0.29, 0.717) is 6.61 Å². The highest BCUT2D eigenvalue weighted by Gasteiger charge is 2.08. The molecule has 0 aliphatic carbocycles. The molecule has 3 nitrogen and oxygen atoms in total. The van der Waals surface area contributed by atoms with Crippen LogP contribution in [0.1, 0.15) is 19.2 Å². The number of fused-ring (bicyclic) bond motifs is 2. The Bertz CT molecular complexity index is 1000. The van der Waals surface area contributed by atoms with Crippen molar-refractivity contribution in [1.29, 1.82) is 0 Å². The second kappa shape index (κ2) is 6.98. The van der Waals surface area contributed by atoms with Gasteiger partial charge in [-0.2, -0.15) is 0 Å². The smallest absolute Gasteiger partial charge is 0.119 e. The summed E-state index contributed by atoms with van der Waals surface area (Å²) >= 11 is 0. The summed E-state index contributed by atoms with van der Waals surface area (Å²) in [5.41, 5.74) is 2.29. The molecule has 0 atom stereocenters. The predicted molar refractivity (Wildman–Crippen MR) is 103 cm³/mol. The van der Waals surface area contributed by atoms with Crippen molar-refractivity contribution < 1.29 is 4.74 Å². The summed E-state index contributed by atoms with van der Waals surface area (Å²) < 4.78 is 8.28. The van der Waals surface area contributed by atoms with E-state index in [0.717, 1.165) is 36.5 Å². The Morgan fingerprint density at radius 2 is 1.72 bits per heavy atom. The van der Waals surface area contributed by atoms with Crippen molar-refractivity contribution in [2.45, 2.75) is 26.3 Å². The molecule has 0 aliphatic rings. The molecule has 0 radical (unpaired) electrons. The van der Waals surface area contributed by atoms with Gasteiger partial charge in [-0.1, -0.05) is 49.4 Å². The summed E-state index contributed by atoms with van der Waals surface area (Å²) in [6, 6.07) is 23.0. The molecular formula is C22H22N2O. The number of aromatic nitrogens is 2. The van der Waals surface area contributed by atoms with E-state index < -0.39 is 0 Å². The van der Waals surface area contributed by atoms with Gasteiger partial charge < -0.3 is 9.30 Å². The molecule has 0 unspecified atom stereocenters. The van der Waals surface area contributed by atoms with Crippen molar-refractivity contribution in [3.8, 4) is 5.75 Å². The van der Waals surface area contributed by atoms with Crippen LogP contribution in [-0.2, 0) is 13.0 Å².